The first-order chi connectivity index (χ1) is 16.4. The van der Waals surface area contributed by atoms with Crippen LogP contribution in [0.4, 0.5) is 0 Å². The van der Waals surface area contributed by atoms with E-state index >= 15 is 0 Å². The van der Waals surface area contributed by atoms with E-state index in [4.69, 9.17) is 5.11 Å². The Hall–Kier alpha value is -1.06. The van der Waals surface area contributed by atoms with E-state index in [1.165, 1.54) is 70.6 Å². The van der Waals surface area contributed by atoms with Gasteiger partial charge in [-0.15, -0.1) is 0 Å². The summed E-state index contributed by atoms with van der Waals surface area (Å²) >= 11 is 0. The molecular formula is C30H58O4. The van der Waals surface area contributed by atoms with Crippen LogP contribution in [0.3, 0.4) is 0 Å². The molecular weight excluding hydrogens is 424 g/mol. The summed E-state index contributed by atoms with van der Waals surface area (Å²) in [6.07, 6.45) is 24.9. The van der Waals surface area contributed by atoms with E-state index in [1.54, 1.807) is 0 Å². The maximum atomic E-state index is 12.5. The van der Waals surface area contributed by atoms with Crippen molar-refractivity contribution in [3.63, 3.8) is 0 Å². The Labute approximate surface area is 211 Å². The van der Waals surface area contributed by atoms with Crippen LogP contribution >= 0.6 is 0 Å². The first-order valence-electron chi connectivity index (χ1n) is 14.9. The molecule has 0 aliphatic heterocycles. The van der Waals surface area contributed by atoms with Gasteiger partial charge in [0.15, 0.2) is 0 Å². The number of aliphatic carboxylic acids is 2. The molecule has 1 unspecified atom stereocenters. The van der Waals surface area contributed by atoms with E-state index in [9.17, 15) is 14.7 Å². The highest BCUT2D eigenvalue weighted by Gasteiger charge is 2.38. The molecule has 0 aliphatic rings. The third-order valence-electron chi connectivity index (χ3n) is 7.73. The molecule has 0 aromatic carbocycles. The van der Waals surface area contributed by atoms with E-state index in [-0.39, 0.29) is 0 Å². The number of unbranched alkanes of at least 4 members (excludes halogenated alkanes) is 14. The van der Waals surface area contributed by atoms with Crippen LogP contribution in [0.5, 0.6) is 0 Å². The summed E-state index contributed by atoms with van der Waals surface area (Å²) in [4.78, 5) is 23.1. The highest BCUT2D eigenvalue weighted by atomic mass is 16.4. The van der Waals surface area contributed by atoms with E-state index in [1.807, 2.05) is 0 Å². The van der Waals surface area contributed by atoms with E-state index < -0.39 is 17.4 Å². The highest BCUT2D eigenvalue weighted by molar-refractivity contribution is 5.74. The Morgan fingerprint density at radius 2 is 1.06 bits per heavy atom. The van der Waals surface area contributed by atoms with E-state index in [0.717, 1.165) is 70.6 Å². The van der Waals surface area contributed by atoms with Gasteiger partial charge in [0.05, 0.1) is 5.41 Å². The van der Waals surface area contributed by atoms with Gasteiger partial charge in [0, 0.05) is 6.42 Å². The maximum Gasteiger partial charge on any atom is 0.309 e. The molecule has 0 rings (SSSR count). The Bertz CT molecular complexity index is 476. The predicted octanol–water partition coefficient (Wildman–Crippen LogP) is 9.79. The topological polar surface area (TPSA) is 74.6 Å². The zero-order chi connectivity index (χ0) is 25.5. The molecule has 4 nitrogen and oxygen atoms in total. The van der Waals surface area contributed by atoms with Crippen LogP contribution in [-0.2, 0) is 9.59 Å². The lowest BCUT2D eigenvalue weighted by Crippen LogP contribution is -2.33. The highest BCUT2D eigenvalue weighted by Crippen LogP contribution is 2.40. The largest absolute Gasteiger partial charge is 0.481 e. The van der Waals surface area contributed by atoms with Gasteiger partial charge in [-0.3, -0.25) is 9.59 Å². The lowest BCUT2D eigenvalue weighted by atomic mass is 9.70. The molecule has 0 aliphatic carbocycles. The second kappa shape index (κ2) is 22.4. The molecule has 34 heavy (non-hydrogen) atoms. The van der Waals surface area contributed by atoms with Crippen molar-refractivity contribution in [2.45, 2.75) is 168 Å². The van der Waals surface area contributed by atoms with Crippen molar-refractivity contribution in [1.29, 1.82) is 0 Å². The summed E-state index contributed by atoms with van der Waals surface area (Å²) in [5.74, 6) is -0.691. The summed E-state index contributed by atoms with van der Waals surface area (Å²) < 4.78 is 0. The average molecular weight is 483 g/mol. The average Bonchev–Trinajstić information content (AvgIpc) is 2.81. The molecule has 0 saturated carbocycles. The minimum absolute atomic E-state index is 0.305. The van der Waals surface area contributed by atoms with Crippen molar-refractivity contribution in [3.05, 3.63) is 0 Å². The van der Waals surface area contributed by atoms with Crippen LogP contribution in [-0.4, -0.2) is 22.2 Å². The molecule has 0 radical (unpaired) electrons. The summed E-state index contributed by atoms with van der Waals surface area (Å²) in [7, 11) is 0. The standard InChI is InChI=1S/C30H58O4/c1-4-7-9-20-24-30(29(33)34,25-21-10-8-5-2)26-27(6-3)22-18-16-14-12-11-13-15-17-19-23-28(31)32/h27H,4-26H2,1-3H3,(H,31,32)(H,33,34). The van der Waals surface area contributed by atoms with Crippen LogP contribution in [0, 0.1) is 11.3 Å². The summed E-state index contributed by atoms with van der Waals surface area (Å²) in [6, 6.07) is 0. The molecule has 0 saturated heterocycles. The number of hydrogen-bond donors (Lipinski definition) is 2. The molecule has 0 spiro atoms. The lowest BCUT2D eigenvalue weighted by Gasteiger charge is -2.33. The van der Waals surface area contributed by atoms with Crippen LogP contribution in [0.25, 0.3) is 0 Å². The van der Waals surface area contributed by atoms with Crippen LogP contribution in [0.1, 0.15) is 168 Å². The second-order valence-electron chi connectivity index (χ2n) is 10.8. The Balaban J connectivity index is 4.41. The molecule has 0 amide bonds. The zero-order valence-electron chi connectivity index (χ0n) is 23.1. The molecule has 0 aromatic rings. The lowest BCUT2D eigenvalue weighted by molar-refractivity contribution is -0.151. The van der Waals surface area contributed by atoms with Crippen molar-refractivity contribution in [2.75, 3.05) is 0 Å². The molecule has 0 aromatic heterocycles. The Morgan fingerprint density at radius 3 is 1.47 bits per heavy atom. The van der Waals surface area contributed by atoms with Crippen LogP contribution in [0.15, 0.2) is 0 Å². The Morgan fingerprint density at radius 1 is 0.618 bits per heavy atom. The second-order valence-corrected chi connectivity index (χ2v) is 10.8. The fraction of sp³-hybridized carbons (Fsp3) is 0.933. The van der Waals surface area contributed by atoms with Gasteiger partial charge in [-0.25, -0.2) is 0 Å². The first kappa shape index (κ1) is 32.9. The molecule has 0 heterocycles. The number of carbonyl (C=O) groups is 2. The van der Waals surface area contributed by atoms with Crippen LogP contribution in [0.2, 0.25) is 0 Å². The van der Waals surface area contributed by atoms with Crippen molar-refractivity contribution in [3.8, 4) is 0 Å². The SMILES string of the molecule is CCCCCCC(CCCCCC)(CC(CC)CCCCCCCCCCCC(=O)O)C(=O)O. The van der Waals surface area contributed by atoms with Crippen molar-refractivity contribution in [1.82, 2.24) is 0 Å². The smallest absolute Gasteiger partial charge is 0.309 e. The summed E-state index contributed by atoms with van der Waals surface area (Å²) in [5, 5.41) is 19.0. The molecule has 202 valence electrons. The number of rotatable bonds is 26. The van der Waals surface area contributed by atoms with Crippen LogP contribution < -0.4 is 0 Å². The number of carboxylic acids is 2. The fourth-order valence-corrected chi connectivity index (χ4v) is 5.36. The minimum Gasteiger partial charge on any atom is -0.481 e. The minimum atomic E-state index is -0.682. The molecule has 0 bridgehead atoms. The van der Waals surface area contributed by atoms with Gasteiger partial charge >= 0.3 is 11.9 Å². The summed E-state index contributed by atoms with van der Waals surface area (Å²) in [5.41, 5.74) is -0.511. The van der Waals surface area contributed by atoms with E-state index in [2.05, 4.69) is 20.8 Å². The fourth-order valence-electron chi connectivity index (χ4n) is 5.36. The molecule has 1 atom stereocenters. The molecule has 4 heteroatoms. The van der Waals surface area contributed by atoms with Gasteiger partial charge in [0.1, 0.15) is 0 Å². The monoisotopic (exact) mass is 482 g/mol. The van der Waals surface area contributed by atoms with Gasteiger partial charge < -0.3 is 10.2 Å². The van der Waals surface area contributed by atoms with Gasteiger partial charge in [-0.2, -0.15) is 0 Å². The van der Waals surface area contributed by atoms with E-state index in [0.29, 0.717) is 12.3 Å². The zero-order valence-corrected chi connectivity index (χ0v) is 23.1. The maximum absolute atomic E-state index is 12.5. The third-order valence-corrected chi connectivity index (χ3v) is 7.73. The van der Waals surface area contributed by atoms with Crippen molar-refractivity contribution < 1.29 is 19.8 Å². The first-order valence-corrected chi connectivity index (χ1v) is 14.9. The molecule has 2 N–H and O–H groups in total. The normalized spacial score (nSPS) is 12.7. The van der Waals surface area contributed by atoms with Gasteiger partial charge in [-0.1, -0.05) is 136 Å². The predicted molar refractivity (Wildman–Crippen MR) is 144 cm³/mol. The van der Waals surface area contributed by atoms with Gasteiger partial charge in [0.25, 0.3) is 0 Å². The van der Waals surface area contributed by atoms with Crippen molar-refractivity contribution >= 4 is 11.9 Å². The third kappa shape index (κ3) is 17.4. The van der Waals surface area contributed by atoms with Gasteiger partial charge in [-0.05, 0) is 31.6 Å². The quantitative estimate of drug-likeness (QED) is 0.120. The number of hydrogen-bond acceptors (Lipinski definition) is 2. The Kier molecular flexibility index (Phi) is 21.7. The van der Waals surface area contributed by atoms with Crippen molar-refractivity contribution in [2.24, 2.45) is 11.3 Å². The van der Waals surface area contributed by atoms with Gasteiger partial charge in [0.2, 0.25) is 0 Å². The molecule has 0 fully saturated rings. The summed E-state index contributed by atoms with van der Waals surface area (Å²) in [6.45, 7) is 6.67. The number of carboxylic acid groups (broad SMARTS) is 2.